The van der Waals surface area contributed by atoms with Crippen LogP contribution in [0.3, 0.4) is 0 Å². The van der Waals surface area contributed by atoms with Crippen molar-refractivity contribution in [1.29, 1.82) is 0 Å². The Balaban J connectivity index is 0.00000312. The van der Waals surface area contributed by atoms with Crippen molar-refractivity contribution in [2.75, 3.05) is 4.90 Å². The molecule has 0 N–H and O–H groups in total. The molecule has 0 saturated carbocycles. The number of para-hydroxylation sites is 2. The second-order valence-corrected chi connectivity index (χ2v) is 9.50. The molecule has 8 rings (SSSR count). The first-order valence-corrected chi connectivity index (χ1v) is 12.8. The number of aromatic nitrogens is 4. The maximum Gasteiger partial charge on any atom is 0.135 e. The van der Waals surface area contributed by atoms with Crippen LogP contribution in [-0.4, -0.2) is 19.1 Å². The van der Waals surface area contributed by atoms with Crippen LogP contribution >= 0.6 is 0 Å². The first-order chi connectivity index (χ1) is 20.9. The van der Waals surface area contributed by atoms with Crippen molar-refractivity contribution in [3.8, 4) is 28.7 Å². The molecule has 0 fully saturated rings. The molecule has 3 aromatic heterocycles. The Morgan fingerprint density at radius 3 is 2.66 bits per heavy atom. The van der Waals surface area contributed by atoms with E-state index < -0.39 is 6.85 Å². The van der Waals surface area contributed by atoms with Crippen LogP contribution in [0.4, 0.5) is 11.4 Å². The van der Waals surface area contributed by atoms with E-state index in [9.17, 15) is 0 Å². The average molecular weight is 715 g/mol. The molecule has 6 nitrogen and oxygen atoms in total. The predicted octanol–water partition coefficient (Wildman–Crippen LogP) is 7.86. The molecule has 0 aliphatic carbocycles. The van der Waals surface area contributed by atoms with Crippen LogP contribution in [-0.2, 0) is 21.1 Å². The van der Waals surface area contributed by atoms with Gasteiger partial charge in [-0.05, 0) is 60.5 Å². The number of anilines is 2. The fourth-order valence-corrected chi connectivity index (χ4v) is 5.33. The van der Waals surface area contributed by atoms with E-state index in [0.717, 1.165) is 44.6 Å². The molecular formula is C34H22N5OPt-3. The summed E-state index contributed by atoms with van der Waals surface area (Å²) in [5.41, 5.74) is 4.69. The van der Waals surface area contributed by atoms with Crippen LogP contribution in [0.1, 0.15) is 9.68 Å². The summed E-state index contributed by atoms with van der Waals surface area (Å²) in [5.74, 6) is 2.41. The Morgan fingerprint density at radius 1 is 0.829 bits per heavy atom. The zero-order chi connectivity index (χ0) is 29.1. The summed E-state index contributed by atoms with van der Waals surface area (Å²) >= 11 is 0. The minimum atomic E-state index is -2.25. The third-order valence-corrected chi connectivity index (χ3v) is 7.08. The minimum absolute atomic E-state index is 0. The van der Waals surface area contributed by atoms with Crippen LogP contribution in [0, 0.1) is 25.7 Å². The van der Waals surface area contributed by atoms with Crippen LogP contribution in [0.2, 0.25) is 0 Å². The zero-order valence-electron chi connectivity index (χ0n) is 24.4. The largest absolute Gasteiger partial charge is 0.509 e. The third kappa shape index (κ3) is 4.19. The monoisotopic (exact) mass is 714 g/mol. The maximum atomic E-state index is 7.89. The van der Waals surface area contributed by atoms with Gasteiger partial charge in [0.05, 0.1) is 0 Å². The molecule has 0 spiro atoms. The SMILES string of the molecule is [2H]C([2H])([2H])c1ccnc(-n2c3[c-]c(Oc4[c-]c(N5[CH-]n6ccnc6-c6ccccc65)ccc4)ccc3c3ccccc32)c1.[Pt]. The van der Waals surface area contributed by atoms with E-state index >= 15 is 0 Å². The molecule has 0 saturated heterocycles. The van der Waals surface area contributed by atoms with Crippen LogP contribution in [0.5, 0.6) is 11.5 Å². The van der Waals surface area contributed by atoms with Gasteiger partial charge in [0.25, 0.3) is 0 Å². The van der Waals surface area contributed by atoms with E-state index in [4.69, 9.17) is 8.85 Å². The summed E-state index contributed by atoms with van der Waals surface area (Å²) in [6, 6.07) is 35.7. The van der Waals surface area contributed by atoms with Gasteiger partial charge in [0, 0.05) is 59.9 Å². The number of pyridine rings is 1. The first kappa shape index (κ1) is 22.0. The number of rotatable bonds is 4. The van der Waals surface area contributed by atoms with Gasteiger partial charge >= 0.3 is 0 Å². The summed E-state index contributed by atoms with van der Waals surface area (Å²) in [5, 5.41) is 1.96. The molecule has 0 unspecified atom stereocenters. The van der Waals surface area contributed by atoms with Crippen molar-refractivity contribution in [3.05, 3.63) is 134 Å². The fourth-order valence-electron chi connectivity index (χ4n) is 5.33. The zero-order valence-corrected chi connectivity index (χ0v) is 23.7. The average Bonchev–Trinajstić information content (AvgIpc) is 3.63. The van der Waals surface area contributed by atoms with E-state index in [2.05, 4.69) is 39.1 Å². The Kier molecular flexibility index (Phi) is 5.35. The molecular weight excluding hydrogens is 689 g/mol. The standard InChI is InChI=1S/C34H22N5O.Pt/c1-23-15-16-35-33(19-23)39-31-12-5-2-9-27(31)28-14-13-26(21-32(28)39)40-25-8-6-7-24(20-25)38-22-37-18-17-36-34(37)29-10-3-4-11-30(29)38;/h2-19,22H,1H3;/q-3;/i1D3;. The van der Waals surface area contributed by atoms with E-state index in [0.29, 0.717) is 17.3 Å². The van der Waals surface area contributed by atoms with E-state index in [1.165, 1.54) is 12.3 Å². The number of fused-ring (bicyclic) bond motifs is 6. The van der Waals surface area contributed by atoms with Gasteiger partial charge in [-0.25, -0.2) is 4.98 Å². The predicted molar refractivity (Wildman–Crippen MR) is 157 cm³/mol. The Bertz CT molecular complexity index is 2170. The van der Waals surface area contributed by atoms with Crippen molar-refractivity contribution in [3.63, 3.8) is 0 Å². The van der Waals surface area contributed by atoms with Crippen molar-refractivity contribution >= 4 is 33.2 Å². The number of nitrogens with zero attached hydrogens (tertiary/aromatic N) is 5. The number of benzene rings is 4. The van der Waals surface area contributed by atoms with Gasteiger partial charge in [-0.15, -0.1) is 35.7 Å². The Hall–Kier alpha value is -4.80. The number of hydrogen-bond donors (Lipinski definition) is 0. The summed E-state index contributed by atoms with van der Waals surface area (Å²) in [4.78, 5) is 11.1. The topological polar surface area (TPSA) is 48.1 Å². The summed E-state index contributed by atoms with van der Waals surface area (Å²) < 4.78 is 33.9. The number of hydrogen-bond acceptors (Lipinski definition) is 4. The summed E-state index contributed by atoms with van der Waals surface area (Å²) in [7, 11) is 0. The molecule has 41 heavy (non-hydrogen) atoms. The van der Waals surface area contributed by atoms with Gasteiger partial charge in [-0.2, -0.15) is 12.1 Å². The Morgan fingerprint density at radius 2 is 1.71 bits per heavy atom. The van der Waals surface area contributed by atoms with Gasteiger partial charge in [0.2, 0.25) is 0 Å². The molecule has 7 aromatic rings. The number of aryl methyl sites for hydroxylation is 1. The molecule has 7 heteroatoms. The van der Waals surface area contributed by atoms with E-state index in [1.807, 2.05) is 88.7 Å². The van der Waals surface area contributed by atoms with E-state index in [1.54, 1.807) is 12.3 Å². The van der Waals surface area contributed by atoms with Crippen molar-refractivity contribution in [2.24, 2.45) is 0 Å². The summed E-state index contributed by atoms with van der Waals surface area (Å²) in [6.45, 7) is -0.266. The van der Waals surface area contributed by atoms with Gasteiger partial charge < -0.3 is 23.8 Å². The molecule has 4 aromatic carbocycles. The van der Waals surface area contributed by atoms with Gasteiger partial charge in [-0.3, -0.25) is 0 Å². The molecule has 0 atom stereocenters. The second-order valence-electron chi connectivity index (χ2n) is 9.50. The van der Waals surface area contributed by atoms with Crippen LogP contribution in [0.15, 0.2) is 110 Å². The smallest absolute Gasteiger partial charge is 0.135 e. The molecule has 1 aliphatic heterocycles. The van der Waals surface area contributed by atoms with E-state index in [-0.39, 0.29) is 26.6 Å². The van der Waals surface area contributed by atoms with Gasteiger partial charge in [0.15, 0.2) is 0 Å². The van der Waals surface area contributed by atoms with Crippen molar-refractivity contribution < 1.29 is 29.9 Å². The number of ether oxygens (including phenoxy) is 1. The molecule has 1 aliphatic rings. The van der Waals surface area contributed by atoms with Crippen molar-refractivity contribution in [2.45, 2.75) is 6.85 Å². The molecule has 202 valence electrons. The molecule has 0 amide bonds. The van der Waals surface area contributed by atoms with Crippen LogP contribution in [0.25, 0.3) is 39.0 Å². The number of imidazole rings is 1. The quantitative estimate of drug-likeness (QED) is 0.174. The fraction of sp³-hybridized carbons (Fsp3) is 0.0294. The minimum Gasteiger partial charge on any atom is -0.509 e. The maximum absolute atomic E-state index is 7.89. The molecule has 0 radical (unpaired) electrons. The third-order valence-electron chi connectivity index (χ3n) is 7.08. The second kappa shape index (κ2) is 9.99. The normalized spacial score (nSPS) is 13.4. The molecule has 4 heterocycles. The summed E-state index contributed by atoms with van der Waals surface area (Å²) in [6.07, 6.45) is 5.24. The van der Waals surface area contributed by atoms with Crippen molar-refractivity contribution in [1.82, 2.24) is 19.1 Å². The Labute approximate surface area is 256 Å². The van der Waals surface area contributed by atoms with Gasteiger partial charge in [0.1, 0.15) is 5.82 Å². The molecule has 0 bridgehead atoms. The van der Waals surface area contributed by atoms with Crippen LogP contribution < -0.4 is 9.64 Å². The van der Waals surface area contributed by atoms with Gasteiger partial charge in [-0.1, -0.05) is 53.8 Å². The first-order valence-electron chi connectivity index (χ1n) is 14.3.